The van der Waals surface area contributed by atoms with E-state index in [9.17, 15) is 4.79 Å². The number of benzene rings is 1. The predicted octanol–water partition coefficient (Wildman–Crippen LogP) is 4.82. The van der Waals surface area contributed by atoms with Crippen molar-refractivity contribution in [3.05, 3.63) is 79.5 Å². The quantitative estimate of drug-likeness (QED) is 0.398. The van der Waals surface area contributed by atoms with E-state index in [1.165, 1.54) is 0 Å². The summed E-state index contributed by atoms with van der Waals surface area (Å²) in [5.41, 5.74) is 2.59. The third-order valence-corrected chi connectivity index (χ3v) is 5.95. The molecule has 5 rings (SSSR count). The Morgan fingerprint density at radius 3 is 3.00 bits per heavy atom. The second-order valence-electron chi connectivity index (χ2n) is 6.93. The molecule has 29 heavy (non-hydrogen) atoms. The molecule has 0 N–H and O–H groups in total. The highest BCUT2D eigenvalue weighted by molar-refractivity contribution is 9.10. The van der Waals surface area contributed by atoms with E-state index in [-0.39, 0.29) is 0 Å². The molecular weight excluding hydrogens is 458 g/mol. The van der Waals surface area contributed by atoms with Crippen LogP contribution < -0.4 is 5.63 Å². The van der Waals surface area contributed by atoms with Gasteiger partial charge < -0.3 is 8.83 Å². The first-order valence-corrected chi connectivity index (χ1v) is 10.3. The van der Waals surface area contributed by atoms with Gasteiger partial charge in [0.15, 0.2) is 11.6 Å². The van der Waals surface area contributed by atoms with Crippen LogP contribution in [0, 0.1) is 0 Å². The highest BCUT2D eigenvalue weighted by Gasteiger charge is 2.22. The van der Waals surface area contributed by atoms with E-state index >= 15 is 0 Å². The van der Waals surface area contributed by atoms with Crippen LogP contribution in [-0.4, -0.2) is 21.4 Å². The van der Waals surface area contributed by atoms with Gasteiger partial charge in [0.05, 0.1) is 22.5 Å². The van der Waals surface area contributed by atoms with E-state index in [1.807, 2.05) is 30.5 Å². The van der Waals surface area contributed by atoms with Crippen LogP contribution in [0.15, 0.2) is 60.9 Å². The van der Waals surface area contributed by atoms with E-state index < -0.39 is 5.63 Å². The number of furan rings is 1. The summed E-state index contributed by atoms with van der Waals surface area (Å²) in [6.07, 6.45) is 4.19. The van der Waals surface area contributed by atoms with Gasteiger partial charge in [0.25, 0.3) is 0 Å². The van der Waals surface area contributed by atoms with E-state index in [4.69, 9.17) is 20.4 Å². The van der Waals surface area contributed by atoms with E-state index in [2.05, 4.69) is 30.8 Å². The van der Waals surface area contributed by atoms with Crippen molar-refractivity contribution < 1.29 is 8.83 Å². The highest BCUT2D eigenvalue weighted by Crippen LogP contribution is 2.29. The highest BCUT2D eigenvalue weighted by atomic mass is 79.9. The molecule has 8 heteroatoms. The fraction of sp³-hybridized carbons (Fsp3) is 0.190. The van der Waals surface area contributed by atoms with Crippen molar-refractivity contribution in [1.82, 2.24) is 14.9 Å². The monoisotopic (exact) mass is 471 g/mol. The zero-order valence-electron chi connectivity index (χ0n) is 15.2. The number of rotatable bonds is 3. The molecule has 1 aliphatic heterocycles. The van der Waals surface area contributed by atoms with Crippen LogP contribution in [0.1, 0.15) is 16.8 Å². The molecular formula is C21H15BrClN3O3. The fourth-order valence-corrected chi connectivity index (χ4v) is 4.21. The Kier molecular flexibility index (Phi) is 4.73. The van der Waals surface area contributed by atoms with Gasteiger partial charge in [0.2, 0.25) is 0 Å². The molecule has 4 heterocycles. The van der Waals surface area contributed by atoms with Crippen LogP contribution in [0.25, 0.3) is 22.6 Å². The third-order valence-electron chi connectivity index (χ3n) is 5.03. The summed E-state index contributed by atoms with van der Waals surface area (Å²) in [5.74, 6) is 1.24. The Labute approximate surface area is 179 Å². The van der Waals surface area contributed by atoms with Crippen LogP contribution in [0.4, 0.5) is 0 Å². The normalized spacial score (nSPS) is 14.3. The van der Waals surface area contributed by atoms with Gasteiger partial charge in [-0.05, 0) is 30.3 Å². The second-order valence-corrected chi connectivity index (χ2v) is 8.22. The van der Waals surface area contributed by atoms with Crippen molar-refractivity contribution >= 4 is 38.5 Å². The molecule has 0 unspecified atom stereocenters. The molecule has 0 bridgehead atoms. The Morgan fingerprint density at radius 1 is 1.28 bits per heavy atom. The van der Waals surface area contributed by atoms with Gasteiger partial charge in [0, 0.05) is 47.7 Å². The standard InChI is InChI=1S/C21H15BrClN3O3/c22-13-3-4-17-14(8-13)19(23)15(21(27)29-17)11-26-6-5-16-12(10-26)9-24-20(25-16)18-2-1-7-28-18/h1-4,7-9H,5-6,10-11H2. The van der Waals surface area contributed by atoms with E-state index in [1.54, 1.807) is 12.3 Å². The third kappa shape index (κ3) is 3.50. The van der Waals surface area contributed by atoms with Gasteiger partial charge in [-0.2, -0.15) is 0 Å². The number of halogens is 2. The molecule has 0 saturated carbocycles. The predicted molar refractivity (Wildman–Crippen MR) is 113 cm³/mol. The molecule has 0 spiro atoms. The summed E-state index contributed by atoms with van der Waals surface area (Å²) >= 11 is 10.0. The summed E-state index contributed by atoms with van der Waals surface area (Å²) in [5, 5.41) is 1.16. The Bertz CT molecular complexity index is 1270. The van der Waals surface area contributed by atoms with Crippen LogP contribution in [0.3, 0.4) is 0 Å². The van der Waals surface area contributed by atoms with Gasteiger partial charge in [-0.25, -0.2) is 14.8 Å². The lowest BCUT2D eigenvalue weighted by molar-refractivity contribution is 0.240. The summed E-state index contributed by atoms with van der Waals surface area (Å²) in [6.45, 7) is 1.80. The number of fused-ring (bicyclic) bond motifs is 2. The molecule has 6 nitrogen and oxygen atoms in total. The van der Waals surface area contributed by atoms with E-state index in [0.29, 0.717) is 40.8 Å². The van der Waals surface area contributed by atoms with Crippen LogP contribution in [0.2, 0.25) is 5.02 Å². The fourth-order valence-electron chi connectivity index (χ4n) is 3.57. The Hall–Kier alpha value is -2.48. The van der Waals surface area contributed by atoms with Crippen molar-refractivity contribution in [1.29, 1.82) is 0 Å². The maximum atomic E-state index is 12.5. The molecule has 1 aliphatic rings. The van der Waals surface area contributed by atoms with Crippen LogP contribution in [-0.2, 0) is 19.5 Å². The molecule has 3 aromatic heterocycles. The zero-order chi connectivity index (χ0) is 20.0. The van der Waals surface area contributed by atoms with Gasteiger partial charge in [-0.3, -0.25) is 4.90 Å². The van der Waals surface area contributed by atoms with Gasteiger partial charge in [-0.1, -0.05) is 27.5 Å². The molecule has 0 atom stereocenters. The van der Waals surface area contributed by atoms with Crippen molar-refractivity contribution in [3.8, 4) is 11.6 Å². The Morgan fingerprint density at radius 2 is 2.17 bits per heavy atom. The number of hydrogen-bond donors (Lipinski definition) is 0. The first-order chi connectivity index (χ1) is 14.1. The minimum Gasteiger partial charge on any atom is -0.461 e. The minimum atomic E-state index is -0.403. The second kappa shape index (κ2) is 7.40. The molecule has 0 radical (unpaired) electrons. The summed E-state index contributed by atoms with van der Waals surface area (Å²) in [6, 6.07) is 9.08. The molecule has 0 fully saturated rings. The van der Waals surface area contributed by atoms with Gasteiger partial charge >= 0.3 is 5.63 Å². The van der Waals surface area contributed by atoms with Crippen LogP contribution in [0.5, 0.6) is 0 Å². The zero-order valence-corrected chi connectivity index (χ0v) is 17.5. The molecule has 146 valence electrons. The lowest BCUT2D eigenvalue weighted by Crippen LogP contribution is -2.32. The largest absolute Gasteiger partial charge is 0.461 e. The lowest BCUT2D eigenvalue weighted by atomic mass is 10.1. The minimum absolute atomic E-state index is 0.403. The molecule has 0 aliphatic carbocycles. The molecule has 1 aromatic carbocycles. The first-order valence-electron chi connectivity index (χ1n) is 9.10. The summed E-state index contributed by atoms with van der Waals surface area (Å²) in [7, 11) is 0. The van der Waals surface area contributed by atoms with Gasteiger partial charge in [0.1, 0.15) is 5.58 Å². The SMILES string of the molecule is O=c1oc2ccc(Br)cc2c(Cl)c1CN1CCc2nc(-c3ccco3)ncc2C1. The maximum Gasteiger partial charge on any atom is 0.342 e. The van der Waals surface area contributed by atoms with E-state index in [0.717, 1.165) is 34.1 Å². The van der Waals surface area contributed by atoms with Crippen molar-refractivity contribution in [2.45, 2.75) is 19.5 Å². The lowest BCUT2D eigenvalue weighted by Gasteiger charge is -2.27. The van der Waals surface area contributed by atoms with Crippen molar-refractivity contribution in [2.75, 3.05) is 6.54 Å². The summed E-state index contributed by atoms with van der Waals surface area (Å²) < 4.78 is 11.7. The number of nitrogens with zero attached hydrogens (tertiary/aromatic N) is 3. The molecule has 0 amide bonds. The number of hydrogen-bond acceptors (Lipinski definition) is 6. The molecule has 4 aromatic rings. The topological polar surface area (TPSA) is 72.4 Å². The number of aromatic nitrogens is 2. The smallest absolute Gasteiger partial charge is 0.342 e. The first kappa shape index (κ1) is 18.5. The van der Waals surface area contributed by atoms with Gasteiger partial charge in [-0.15, -0.1) is 0 Å². The average Bonchev–Trinajstić information content (AvgIpc) is 3.26. The van der Waals surface area contributed by atoms with Crippen LogP contribution >= 0.6 is 27.5 Å². The molecule has 0 saturated heterocycles. The maximum absolute atomic E-state index is 12.5. The van der Waals surface area contributed by atoms with Crippen molar-refractivity contribution in [2.24, 2.45) is 0 Å². The summed E-state index contributed by atoms with van der Waals surface area (Å²) in [4.78, 5) is 23.7. The van der Waals surface area contributed by atoms with Crippen molar-refractivity contribution in [3.63, 3.8) is 0 Å². The average molecular weight is 473 g/mol. The Balaban J connectivity index is 1.42.